The van der Waals surface area contributed by atoms with Crippen LogP contribution in [0.2, 0.25) is 5.15 Å². The van der Waals surface area contributed by atoms with E-state index >= 15 is 0 Å². The summed E-state index contributed by atoms with van der Waals surface area (Å²) in [5.41, 5.74) is 2.23. The molecule has 3 rings (SSSR count). The summed E-state index contributed by atoms with van der Waals surface area (Å²) in [5, 5.41) is 4.49. The molecule has 7 heteroatoms. The second-order valence-corrected chi connectivity index (χ2v) is 4.68. The van der Waals surface area contributed by atoms with E-state index in [1.807, 2.05) is 20.2 Å². The van der Waals surface area contributed by atoms with E-state index in [4.69, 9.17) is 11.6 Å². The zero-order valence-corrected chi connectivity index (χ0v) is 11.7. The van der Waals surface area contributed by atoms with Crippen LogP contribution in [0.15, 0.2) is 30.7 Å². The number of nitrogens with zero attached hydrogens (tertiary/aromatic N) is 6. The first-order valence-electron chi connectivity index (χ1n) is 5.95. The Morgan fingerprint density at radius 1 is 1.15 bits per heavy atom. The fraction of sp³-hybridized carbons (Fsp3) is 0.154. The lowest BCUT2D eigenvalue weighted by atomic mass is 10.2. The van der Waals surface area contributed by atoms with Crippen LogP contribution in [0.25, 0.3) is 22.8 Å². The average molecular weight is 287 g/mol. The summed E-state index contributed by atoms with van der Waals surface area (Å²) in [6, 6.07) is 3.46. The molecule has 6 nitrogen and oxygen atoms in total. The molecular formula is C13H11ClN6. The van der Waals surface area contributed by atoms with E-state index in [-0.39, 0.29) is 0 Å². The Hall–Kier alpha value is -2.34. The lowest BCUT2D eigenvalue weighted by Crippen LogP contribution is -1.96. The van der Waals surface area contributed by atoms with Crippen molar-refractivity contribution in [2.45, 2.75) is 6.92 Å². The molecule has 0 atom stereocenters. The number of hydrogen-bond donors (Lipinski definition) is 0. The minimum Gasteiger partial charge on any atom is -0.275 e. The van der Waals surface area contributed by atoms with Gasteiger partial charge in [-0.1, -0.05) is 11.6 Å². The Morgan fingerprint density at radius 2 is 2.00 bits per heavy atom. The van der Waals surface area contributed by atoms with Crippen molar-refractivity contribution >= 4 is 11.6 Å². The summed E-state index contributed by atoms with van der Waals surface area (Å²) in [7, 11) is 1.85. The lowest BCUT2D eigenvalue weighted by molar-refractivity contribution is 0.768. The summed E-state index contributed by atoms with van der Waals surface area (Å²) in [6.45, 7) is 1.82. The minimum absolute atomic E-state index is 0.366. The number of hydrogen-bond acceptors (Lipinski definition) is 5. The van der Waals surface area contributed by atoms with E-state index in [9.17, 15) is 0 Å². The summed E-state index contributed by atoms with van der Waals surface area (Å²) >= 11 is 6.07. The molecule has 3 aromatic heterocycles. The molecular weight excluding hydrogens is 276 g/mol. The molecule has 0 unspecified atom stereocenters. The van der Waals surface area contributed by atoms with Crippen LogP contribution in [-0.4, -0.2) is 29.7 Å². The molecule has 0 bridgehead atoms. The second-order valence-electron chi connectivity index (χ2n) is 4.29. The maximum absolute atomic E-state index is 6.07. The first-order valence-corrected chi connectivity index (χ1v) is 6.33. The third-order valence-corrected chi connectivity index (χ3v) is 2.89. The van der Waals surface area contributed by atoms with Gasteiger partial charge in [-0.2, -0.15) is 5.10 Å². The number of aryl methyl sites for hydroxylation is 2. The quantitative estimate of drug-likeness (QED) is 0.676. The largest absolute Gasteiger partial charge is 0.275 e. The van der Waals surface area contributed by atoms with Crippen molar-refractivity contribution in [3.05, 3.63) is 41.7 Å². The Balaban J connectivity index is 2.11. The van der Waals surface area contributed by atoms with Gasteiger partial charge in [0.05, 0.1) is 11.9 Å². The summed E-state index contributed by atoms with van der Waals surface area (Å²) in [6.07, 6.45) is 5.27. The van der Waals surface area contributed by atoms with Gasteiger partial charge in [-0.05, 0) is 13.0 Å². The van der Waals surface area contributed by atoms with E-state index in [0.29, 0.717) is 28.2 Å². The van der Waals surface area contributed by atoms with Crippen molar-refractivity contribution in [1.29, 1.82) is 0 Å². The molecule has 0 fully saturated rings. The molecule has 0 aromatic carbocycles. The van der Waals surface area contributed by atoms with Gasteiger partial charge in [0.2, 0.25) is 0 Å². The van der Waals surface area contributed by atoms with Crippen LogP contribution in [0, 0.1) is 6.92 Å². The molecule has 3 heterocycles. The van der Waals surface area contributed by atoms with Gasteiger partial charge >= 0.3 is 0 Å². The Kier molecular flexibility index (Phi) is 3.15. The normalized spacial score (nSPS) is 10.8. The summed E-state index contributed by atoms with van der Waals surface area (Å²) in [4.78, 5) is 17.1. The molecule has 100 valence electrons. The van der Waals surface area contributed by atoms with E-state index in [1.165, 1.54) is 0 Å². The van der Waals surface area contributed by atoms with E-state index in [1.54, 1.807) is 29.2 Å². The van der Waals surface area contributed by atoms with Crippen molar-refractivity contribution in [2.24, 2.45) is 7.05 Å². The van der Waals surface area contributed by atoms with Gasteiger partial charge < -0.3 is 0 Å². The van der Waals surface area contributed by atoms with Crippen LogP contribution in [0.3, 0.4) is 0 Å². The van der Waals surface area contributed by atoms with Crippen LogP contribution < -0.4 is 0 Å². The van der Waals surface area contributed by atoms with Gasteiger partial charge in [0.15, 0.2) is 5.82 Å². The first kappa shape index (κ1) is 12.7. The molecule has 0 aliphatic rings. The predicted molar refractivity (Wildman–Crippen MR) is 75.0 cm³/mol. The fourth-order valence-corrected chi connectivity index (χ4v) is 2.00. The Morgan fingerprint density at radius 3 is 2.70 bits per heavy atom. The van der Waals surface area contributed by atoms with Gasteiger partial charge in [-0.25, -0.2) is 19.9 Å². The van der Waals surface area contributed by atoms with Crippen LogP contribution in [0.5, 0.6) is 0 Å². The van der Waals surface area contributed by atoms with Crippen LogP contribution in [0.4, 0.5) is 0 Å². The third kappa shape index (κ3) is 2.50. The van der Waals surface area contributed by atoms with Crippen LogP contribution >= 0.6 is 11.6 Å². The molecule has 0 N–H and O–H groups in total. The van der Waals surface area contributed by atoms with E-state index < -0.39 is 0 Å². The van der Waals surface area contributed by atoms with Crippen molar-refractivity contribution in [3.63, 3.8) is 0 Å². The molecule has 20 heavy (non-hydrogen) atoms. The molecule has 0 amide bonds. The standard InChI is InChI=1S/C13H11ClN6/c1-8-15-4-3-10(17-8)13-18-11(5-12(14)19-13)9-6-16-20(2)7-9/h3-7H,1-2H3. The number of rotatable bonds is 2. The smallest absolute Gasteiger partial charge is 0.180 e. The van der Waals surface area contributed by atoms with Gasteiger partial charge in [-0.15, -0.1) is 0 Å². The molecule has 0 spiro atoms. The molecule has 0 saturated heterocycles. The Bertz CT molecular complexity index is 767. The highest BCUT2D eigenvalue weighted by atomic mass is 35.5. The van der Waals surface area contributed by atoms with Gasteiger partial charge in [0.25, 0.3) is 0 Å². The summed E-state index contributed by atoms with van der Waals surface area (Å²) < 4.78 is 1.71. The van der Waals surface area contributed by atoms with Gasteiger partial charge in [-0.3, -0.25) is 4.68 Å². The van der Waals surface area contributed by atoms with E-state index in [0.717, 1.165) is 5.56 Å². The molecule has 0 aliphatic carbocycles. The zero-order valence-electron chi connectivity index (χ0n) is 10.9. The van der Waals surface area contributed by atoms with Gasteiger partial charge in [0, 0.05) is 31.1 Å². The van der Waals surface area contributed by atoms with Crippen molar-refractivity contribution in [3.8, 4) is 22.8 Å². The van der Waals surface area contributed by atoms with Crippen LogP contribution in [0.1, 0.15) is 5.82 Å². The topological polar surface area (TPSA) is 69.4 Å². The lowest BCUT2D eigenvalue weighted by Gasteiger charge is -2.03. The maximum Gasteiger partial charge on any atom is 0.180 e. The molecule has 0 saturated carbocycles. The van der Waals surface area contributed by atoms with Crippen molar-refractivity contribution in [1.82, 2.24) is 29.7 Å². The third-order valence-electron chi connectivity index (χ3n) is 2.70. The number of aromatic nitrogens is 6. The average Bonchev–Trinajstić information content (AvgIpc) is 2.85. The highest BCUT2D eigenvalue weighted by molar-refractivity contribution is 6.29. The highest BCUT2D eigenvalue weighted by Gasteiger charge is 2.10. The van der Waals surface area contributed by atoms with Crippen molar-refractivity contribution in [2.75, 3.05) is 0 Å². The monoisotopic (exact) mass is 286 g/mol. The summed E-state index contributed by atoms with van der Waals surface area (Å²) in [5.74, 6) is 1.14. The molecule has 0 aliphatic heterocycles. The molecule has 3 aromatic rings. The van der Waals surface area contributed by atoms with Crippen LogP contribution in [-0.2, 0) is 7.05 Å². The first-order chi connectivity index (χ1) is 9.61. The SMILES string of the molecule is Cc1nccc(-c2nc(Cl)cc(-c3cnn(C)c3)n2)n1. The highest BCUT2D eigenvalue weighted by Crippen LogP contribution is 2.22. The second kappa shape index (κ2) is 4.97. The fourth-order valence-electron chi connectivity index (χ4n) is 1.81. The zero-order chi connectivity index (χ0) is 14.1. The molecule has 0 radical (unpaired) electrons. The number of halogens is 1. The van der Waals surface area contributed by atoms with Crippen molar-refractivity contribution < 1.29 is 0 Å². The maximum atomic E-state index is 6.07. The van der Waals surface area contributed by atoms with E-state index in [2.05, 4.69) is 25.0 Å². The predicted octanol–water partition coefficient (Wildman–Crippen LogP) is 2.30. The van der Waals surface area contributed by atoms with Gasteiger partial charge in [0.1, 0.15) is 16.7 Å². The Labute approximate surface area is 120 Å². The minimum atomic E-state index is 0.366.